The molecule has 46 valence electrons. The molecule has 0 fully saturated rings. The average Bonchev–Trinajstić information content (AvgIpc) is 1.67. The van der Waals surface area contributed by atoms with Crippen molar-refractivity contribution in [2.75, 3.05) is 0 Å². The zero-order valence-electron chi connectivity index (χ0n) is 4.13. The molecule has 0 rings (SSSR count). The molecule has 8 heavy (non-hydrogen) atoms. The van der Waals surface area contributed by atoms with Crippen LogP contribution in [-0.4, -0.2) is 0 Å². The zero-order chi connectivity index (χ0) is 6.57. The molecule has 0 spiro atoms. The van der Waals surface area contributed by atoms with Crippen molar-refractivity contribution in [2.45, 2.75) is 6.42 Å². The monoisotopic (exact) mass is 182 g/mol. The highest BCUT2D eigenvalue weighted by molar-refractivity contribution is 9.11. The van der Waals surface area contributed by atoms with Crippen LogP contribution < -0.4 is 0 Å². The molecule has 0 aromatic carbocycles. The molecular formula is C5H5BrF2. The fourth-order valence-electron chi connectivity index (χ4n) is 0.204. The molecule has 0 unspecified atom stereocenters. The van der Waals surface area contributed by atoms with Crippen molar-refractivity contribution in [3.8, 4) is 0 Å². The lowest BCUT2D eigenvalue weighted by molar-refractivity contribution is 0.560. The van der Waals surface area contributed by atoms with E-state index in [2.05, 4.69) is 22.5 Å². The first-order chi connectivity index (χ1) is 3.68. The molecule has 0 saturated carbocycles. The van der Waals surface area contributed by atoms with Gasteiger partial charge in [-0.1, -0.05) is 6.08 Å². The molecule has 0 bridgehead atoms. The van der Waals surface area contributed by atoms with Gasteiger partial charge in [0.15, 0.2) is 4.74 Å². The van der Waals surface area contributed by atoms with E-state index < -0.39 is 10.6 Å². The highest BCUT2D eigenvalue weighted by atomic mass is 79.9. The summed E-state index contributed by atoms with van der Waals surface area (Å²) in [5, 5.41) is 0. The third kappa shape index (κ3) is 2.91. The molecular weight excluding hydrogens is 178 g/mol. The van der Waals surface area contributed by atoms with Crippen LogP contribution in [0.4, 0.5) is 8.78 Å². The number of allylic oxidation sites excluding steroid dienone is 2. The van der Waals surface area contributed by atoms with E-state index in [1.165, 1.54) is 6.08 Å². The minimum Gasteiger partial charge on any atom is -0.208 e. The second-order valence-corrected chi connectivity index (χ2v) is 1.85. The van der Waals surface area contributed by atoms with Gasteiger partial charge < -0.3 is 0 Å². The highest BCUT2D eigenvalue weighted by Gasteiger charge is 1.96. The van der Waals surface area contributed by atoms with Crippen LogP contribution in [0, 0.1) is 0 Å². The largest absolute Gasteiger partial charge is 0.208 e. The van der Waals surface area contributed by atoms with Crippen molar-refractivity contribution in [3.05, 3.63) is 23.2 Å². The Morgan fingerprint density at radius 3 is 2.25 bits per heavy atom. The van der Waals surface area contributed by atoms with Gasteiger partial charge in [-0.05, 0) is 15.9 Å². The summed E-state index contributed by atoms with van der Waals surface area (Å²) in [7, 11) is 0. The summed E-state index contributed by atoms with van der Waals surface area (Å²) in [6, 6.07) is 0. The minimum atomic E-state index is -0.947. The maximum Gasteiger partial charge on any atom is 0.197 e. The van der Waals surface area contributed by atoms with Crippen LogP contribution in [0.3, 0.4) is 0 Å². The van der Waals surface area contributed by atoms with Crippen LogP contribution in [0.5, 0.6) is 0 Å². The summed E-state index contributed by atoms with van der Waals surface area (Å²) in [5.74, 6) is -0.819. The maximum atomic E-state index is 11.9. The fraction of sp³-hybridized carbons (Fsp3) is 0.200. The Morgan fingerprint density at radius 1 is 1.62 bits per heavy atom. The highest BCUT2D eigenvalue weighted by Crippen LogP contribution is 2.17. The van der Waals surface area contributed by atoms with Crippen LogP contribution in [-0.2, 0) is 0 Å². The third-order valence-electron chi connectivity index (χ3n) is 0.529. The van der Waals surface area contributed by atoms with E-state index >= 15 is 0 Å². The SMILES string of the molecule is C=CC/C(F)=C(/F)Br. The van der Waals surface area contributed by atoms with E-state index in [4.69, 9.17) is 0 Å². The lowest BCUT2D eigenvalue weighted by Crippen LogP contribution is -1.68. The molecule has 0 aliphatic heterocycles. The summed E-state index contributed by atoms with van der Waals surface area (Å²) in [6.45, 7) is 3.22. The number of hydrogen-bond donors (Lipinski definition) is 0. The van der Waals surface area contributed by atoms with E-state index in [-0.39, 0.29) is 6.42 Å². The summed E-state index contributed by atoms with van der Waals surface area (Å²) < 4.78 is 22.6. The van der Waals surface area contributed by atoms with E-state index in [1.807, 2.05) is 0 Å². The van der Waals surface area contributed by atoms with Gasteiger partial charge in [0.1, 0.15) is 5.83 Å². The molecule has 0 radical (unpaired) electrons. The molecule has 0 aromatic heterocycles. The number of halogens is 3. The maximum absolute atomic E-state index is 11.9. The Labute approximate surface area is 55.0 Å². The third-order valence-corrected chi connectivity index (χ3v) is 0.959. The molecule has 0 nitrogen and oxygen atoms in total. The van der Waals surface area contributed by atoms with Gasteiger partial charge in [0, 0.05) is 6.42 Å². The molecule has 0 aromatic rings. The van der Waals surface area contributed by atoms with Crippen molar-refractivity contribution in [1.82, 2.24) is 0 Å². The summed E-state index contributed by atoms with van der Waals surface area (Å²) >= 11 is 2.33. The molecule has 0 aliphatic carbocycles. The standard InChI is InChI=1S/C5H5BrF2/c1-2-3-4(7)5(6)8/h2H,1,3H2/b5-4-. The average molecular weight is 183 g/mol. The van der Waals surface area contributed by atoms with Gasteiger partial charge in [0.25, 0.3) is 0 Å². The molecule has 0 N–H and O–H groups in total. The van der Waals surface area contributed by atoms with Crippen molar-refractivity contribution in [2.24, 2.45) is 0 Å². The van der Waals surface area contributed by atoms with Crippen molar-refractivity contribution in [1.29, 1.82) is 0 Å². The van der Waals surface area contributed by atoms with Gasteiger partial charge in [0.05, 0.1) is 0 Å². The smallest absolute Gasteiger partial charge is 0.197 e. The normalized spacial score (nSPS) is 12.9. The Kier molecular flexibility index (Phi) is 3.69. The summed E-state index contributed by atoms with van der Waals surface area (Å²) in [6.07, 6.45) is 1.23. The number of rotatable bonds is 2. The summed E-state index contributed by atoms with van der Waals surface area (Å²) in [4.78, 5) is 0. The molecule has 3 heteroatoms. The predicted octanol–water partition coefficient (Wildman–Crippen LogP) is 3.07. The van der Waals surface area contributed by atoms with Crippen LogP contribution >= 0.6 is 15.9 Å². The van der Waals surface area contributed by atoms with E-state index in [9.17, 15) is 8.78 Å². The molecule has 0 atom stereocenters. The Hall–Kier alpha value is -0.180. The Balaban J connectivity index is 3.79. The molecule has 0 heterocycles. The minimum absolute atomic E-state index is 0.0584. The van der Waals surface area contributed by atoms with E-state index in [0.717, 1.165) is 0 Å². The van der Waals surface area contributed by atoms with Gasteiger partial charge in [0.2, 0.25) is 0 Å². The topological polar surface area (TPSA) is 0 Å². The molecule has 0 amide bonds. The number of hydrogen-bond acceptors (Lipinski definition) is 0. The first kappa shape index (κ1) is 7.82. The quantitative estimate of drug-likeness (QED) is 0.577. The molecule has 0 saturated heterocycles. The fourth-order valence-corrected chi connectivity index (χ4v) is 0.366. The second-order valence-electron chi connectivity index (χ2n) is 1.16. The van der Waals surface area contributed by atoms with Crippen molar-refractivity contribution >= 4 is 15.9 Å². The van der Waals surface area contributed by atoms with Gasteiger partial charge >= 0.3 is 0 Å². The Bertz CT molecular complexity index is 114. The molecule has 0 aliphatic rings. The lowest BCUT2D eigenvalue weighted by atomic mass is 10.4. The summed E-state index contributed by atoms with van der Waals surface area (Å²) in [5.41, 5.74) is 0. The second kappa shape index (κ2) is 3.78. The van der Waals surface area contributed by atoms with Gasteiger partial charge in [-0.3, -0.25) is 0 Å². The van der Waals surface area contributed by atoms with Crippen LogP contribution in [0.25, 0.3) is 0 Å². The first-order valence-electron chi connectivity index (χ1n) is 1.99. The van der Waals surface area contributed by atoms with E-state index in [1.54, 1.807) is 0 Å². The zero-order valence-corrected chi connectivity index (χ0v) is 5.71. The Morgan fingerprint density at radius 2 is 2.12 bits per heavy atom. The van der Waals surface area contributed by atoms with E-state index in [0.29, 0.717) is 0 Å². The van der Waals surface area contributed by atoms with Crippen LogP contribution in [0.1, 0.15) is 6.42 Å². The van der Waals surface area contributed by atoms with Gasteiger partial charge in [-0.25, -0.2) is 4.39 Å². The van der Waals surface area contributed by atoms with Crippen LogP contribution in [0.15, 0.2) is 23.2 Å². The lowest BCUT2D eigenvalue weighted by Gasteiger charge is -1.85. The van der Waals surface area contributed by atoms with Crippen LogP contribution in [0.2, 0.25) is 0 Å². The van der Waals surface area contributed by atoms with Gasteiger partial charge in [-0.15, -0.1) is 6.58 Å². The predicted molar refractivity (Wildman–Crippen MR) is 33.0 cm³/mol. The van der Waals surface area contributed by atoms with Gasteiger partial charge in [-0.2, -0.15) is 4.39 Å². The van der Waals surface area contributed by atoms with Crippen molar-refractivity contribution < 1.29 is 8.78 Å². The first-order valence-corrected chi connectivity index (χ1v) is 2.78. The van der Waals surface area contributed by atoms with Crippen molar-refractivity contribution in [3.63, 3.8) is 0 Å².